The lowest BCUT2D eigenvalue weighted by atomic mass is 9.93. The molecule has 0 radical (unpaired) electrons. The zero-order valence-corrected chi connectivity index (χ0v) is 12.9. The van der Waals surface area contributed by atoms with Gasteiger partial charge < -0.3 is 10.2 Å². The number of anilines is 1. The van der Waals surface area contributed by atoms with Gasteiger partial charge in [0.1, 0.15) is 0 Å². The molecule has 0 bridgehead atoms. The molecule has 0 saturated carbocycles. The van der Waals surface area contributed by atoms with Gasteiger partial charge in [-0.15, -0.1) is 0 Å². The largest absolute Gasteiger partial charge is 0.364 e. The van der Waals surface area contributed by atoms with Crippen LogP contribution in [0.2, 0.25) is 0 Å². The van der Waals surface area contributed by atoms with Crippen molar-refractivity contribution in [3.8, 4) is 0 Å². The number of aryl methyl sites for hydroxylation is 1. The minimum Gasteiger partial charge on any atom is -0.364 e. The Bertz CT molecular complexity index is 414. The van der Waals surface area contributed by atoms with Crippen molar-refractivity contribution in [3.63, 3.8) is 0 Å². The van der Waals surface area contributed by atoms with Crippen molar-refractivity contribution >= 4 is 5.69 Å². The Morgan fingerprint density at radius 3 is 2.58 bits per heavy atom. The number of hydrogen-bond acceptors (Lipinski definition) is 3. The molecule has 3 nitrogen and oxygen atoms in total. The van der Waals surface area contributed by atoms with E-state index in [9.17, 15) is 0 Å². The Hall–Kier alpha value is -1.09. The molecule has 1 N–H and O–H groups in total. The monoisotopic (exact) mass is 261 g/mol. The number of hydrogen-bond donors (Lipinski definition) is 1. The van der Waals surface area contributed by atoms with Crippen molar-refractivity contribution in [2.24, 2.45) is 11.8 Å². The summed E-state index contributed by atoms with van der Waals surface area (Å²) < 4.78 is 0. The molecule has 106 valence electrons. The number of pyridine rings is 1. The van der Waals surface area contributed by atoms with Crippen LogP contribution >= 0.6 is 0 Å². The van der Waals surface area contributed by atoms with E-state index in [0.29, 0.717) is 23.9 Å². The molecule has 1 aromatic rings. The summed E-state index contributed by atoms with van der Waals surface area (Å²) in [6, 6.07) is 3.23. The molecule has 1 saturated heterocycles. The first-order chi connectivity index (χ1) is 9.00. The van der Waals surface area contributed by atoms with Crippen LogP contribution in [0.1, 0.15) is 33.3 Å². The van der Waals surface area contributed by atoms with E-state index in [1.54, 1.807) is 0 Å². The summed E-state index contributed by atoms with van der Waals surface area (Å²) in [7, 11) is 0. The van der Waals surface area contributed by atoms with Crippen LogP contribution in [0.15, 0.2) is 18.5 Å². The van der Waals surface area contributed by atoms with Crippen LogP contribution in [0, 0.1) is 18.8 Å². The molecule has 1 fully saturated rings. The molecule has 3 heteroatoms. The molecular weight excluding hydrogens is 234 g/mol. The summed E-state index contributed by atoms with van der Waals surface area (Å²) in [5, 5.41) is 3.71. The summed E-state index contributed by atoms with van der Waals surface area (Å²) >= 11 is 0. The zero-order valence-electron chi connectivity index (χ0n) is 12.9. The second-order valence-corrected chi connectivity index (χ2v) is 6.38. The van der Waals surface area contributed by atoms with Crippen LogP contribution < -0.4 is 10.2 Å². The van der Waals surface area contributed by atoms with Crippen LogP contribution in [-0.4, -0.2) is 30.2 Å². The molecule has 1 aliphatic heterocycles. The van der Waals surface area contributed by atoms with Crippen molar-refractivity contribution in [1.82, 2.24) is 10.3 Å². The third kappa shape index (κ3) is 3.08. The molecular formula is C16H27N3. The Kier molecular flexibility index (Phi) is 4.46. The number of piperazine rings is 1. The van der Waals surface area contributed by atoms with Gasteiger partial charge in [0, 0.05) is 31.4 Å². The highest BCUT2D eigenvalue weighted by molar-refractivity contribution is 5.52. The fraction of sp³-hybridized carbons (Fsp3) is 0.688. The van der Waals surface area contributed by atoms with E-state index in [-0.39, 0.29) is 0 Å². The van der Waals surface area contributed by atoms with E-state index in [1.165, 1.54) is 11.3 Å². The van der Waals surface area contributed by atoms with Crippen molar-refractivity contribution < 1.29 is 0 Å². The summed E-state index contributed by atoms with van der Waals surface area (Å²) in [6.07, 6.45) is 3.90. The van der Waals surface area contributed by atoms with Crippen LogP contribution in [0.25, 0.3) is 0 Å². The summed E-state index contributed by atoms with van der Waals surface area (Å²) in [6.45, 7) is 13.5. The van der Waals surface area contributed by atoms with Gasteiger partial charge in [0.2, 0.25) is 0 Å². The van der Waals surface area contributed by atoms with E-state index in [2.05, 4.69) is 55.9 Å². The lowest BCUT2D eigenvalue weighted by molar-refractivity contribution is 0.295. The molecule has 0 aliphatic carbocycles. The van der Waals surface area contributed by atoms with E-state index < -0.39 is 0 Å². The highest BCUT2D eigenvalue weighted by Crippen LogP contribution is 2.27. The van der Waals surface area contributed by atoms with Gasteiger partial charge in [-0.2, -0.15) is 0 Å². The minimum atomic E-state index is 0.554. The standard InChI is InChI=1S/C16H27N3/c1-11(2)14-10-19(15(9-18-14)12(3)4)16-8-17-7-6-13(16)5/h6-8,11-12,14-15,18H,9-10H2,1-5H3. The lowest BCUT2D eigenvalue weighted by Gasteiger charge is -2.45. The first-order valence-electron chi connectivity index (χ1n) is 7.41. The third-order valence-electron chi connectivity index (χ3n) is 4.28. The highest BCUT2D eigenvalue weighted by Gasteiger charge is 2.31. The van der Waals surface area contributed by atoms with Gasteiger partial charge in [0.15, 0.2) is 0 Å². The second kappa shape index (κ2) is 5.91. The number of nitrogens with one attached hydrogen (secondary N) is 1. The molecule has 2 unspecified atom stereocenters. The molecule has 1 aromatic heterocycles. The summed E-state index contributed by atoms with van der Waals surface area (Å²) in [5.74, 6) is 1.30. The lowest BCUT2D eigenvalue weighted by Crippen LogP contribution is -2.60. The van der Waals surface area contributed by atoms with Gasteiger partial charge in [0.25, 0.3) is 0 Å². The van der Waals surface area contributed by atoms with E-state index in [4.69, 9.17) is 0 Å². The molecule has 19 heavy (non-hydrogen) atoms. The first kappa shape index (κ1) is 14.3. The van der Waals surface area contributed by atoms with Crippen LogP contribution in [0.5, 0.6) is 0 Å². The number of nitrogens with zero attached hydrogens (tertiary/aromatic N) is 2. The fourth-order valence-corrected chi connectivity index (χ4v) is 2.87. The number of rotatable bonds is 3. The predicted molar refractivity (Wildman–Crippen MR) is 81.6 cm³/mol. The summed E-state index contributed by atoms with van der Waals surface area (Å²) in [5.41, 5.74) is 2.62. The highest BCUT2D eigenvalue weighted by atomic mass is 15.2. The first-order valence-corrected chi connectivity index (χ1v) is 7.41. The van der Waals surface area contributed by atoms with E-state index >= 15 is 0 Å². The molecule has 1 aliphatic rings. The number of aromatic nitrogens is 1. The zero-order chi connectivity index (χ0) is 14.0. The van der Waals surface area contributed by atoms with Crippen molar-refractivity contribution in [1.29, 1.82) is 0 Å². The Balaban J connectivity index is 2.28. The smallest absolute Gasteiger partial charge is 0.0586 e. The minimum absolute atomic E-state index is 0.554. The maximum atomic E-state index is 4.32. The van der Waals surface area contributed by atoms with Crippen LogP contribution in [0.3, 0.4) is 0 Å². The molecule has 0 spiro atoms. The Morgan fingerprint density at radius 1 is 1.26 bits per heavy atom. The average molecular weight is 261 g/mol. The van der Waals surface area contributed by atoms with Crippen LogP contribution in [-0.2, 0) is 0 Å². The normalized spacial score (nSPS) is 24.3. The van der Waals surface area contributed by atoms with Crippen LogP contribution in [0.4, 0.5) is 5.69 Å². The van der Waals surface area contributed by atoms with Crippen molar-refractivity contribution in [3.05, 3.63) is 24.0 Å². The Labute approximate surface area is 117 Å². The quantitative estimate of drug-likeness (QED) is 0.907. The summed E-state index contributed by atoms with van der Waals surface area (Å²) in [4.78, 5) is 6.89. The molecule has 2 heterocycles. The van der Waals surface area contributed by atoms with Gasteiger partial charge in [0.05, 0.1) is 11.9 Å². The fourth-order valence-electron chi connectivity index (χ4n) is 2.87. The average Bonchev–Trinajstić information content (AvgIpc) is 2.38. The molecule has 2 rings (SSSR count). The maximum absolute atomic E-state index is 4.32. The second-order valence-electron chi connectivity index (χ2n) is 6.38. The van der Waals surface area contributed by atoms with E-state index in [1.807, 2.05) is 12.4 Å². The van der Waals surface area contributed by atoms with Gasteiger partial charge >= 0.3 is 0 Å². The van der Waals surface area contributed by atoms with Gasteiger partial charge in [-0.25, -0.2) is 0 Å². The predicted octanol–water partition coefficient (Wildman–Crippen LogP) is 2.85. The topological polar surface area (TPSA) is 28.2 Å². The van der Waals surface area contributed by atoms with Crippen molar-refractivity contribution in [2.75, 3.05) is 18.0 Å². The SMILES string of the molecule is Cc1ccncc1N1CC(C(C)C)NCC1C(C)C. The third-order valence-corrected chi connectivity index (χ3v) is 4.28. The molecule has 0 aromatic carbocycles. The Morgan fingerprint density at radius 2 is 2.00 bits per heavy atom. The van der Waals surface area contributed by atoms with Gasteiger partial charge in [-0.3, -0.25) is 4.98 Å². The molecule has 0 amide bonds. The van der Waals surface area contributed by atoms with Gasteiger partial charge in [-0.1, -0.05) is 27.7 Å². The van der Waals surface area contributed by atoms with Gasteiger partial charge in [-0.05, 0) is 30.4 Å². The molecule has 2 atom stereocenters. The van der Waals surface area contributed by atoms with E-state index in [0.717, 1.165) is 13.1 Å². The maximum Gasteiger partial charge on any atom is 0.0586 e. The van der Waals surface area contributed by atoms with Crippen molar-refractivity contribution in [2.45, 2.75) is 46.7 Å².